The first-order valence-electron chi connectivity index (χ1n) is 9.28. The highest BCUT2D eigenvalue weighted by Crippen LogP contribution is 2.22. The molecular weight excluding hydrogens is 406 g/mol. The molecule has 0 aliphatic heterocycles. The molecule has 1 aromatic heterocycles. The summed E-state index contributed by atoms with van der Waals surface area (Å²) in [5.74, 6) is 1.23. The van der Waals surface area contributed by atoms with E-state index in [9.17, 15) is 13.2 Å². The van der Waals surface area contributed by atoms with Gasteiger partial charge < -0.3 is 15.2 Å². The highest BCUT2D eigenvalue weighted by molar-refractivity contribution is 7.89. The van der Waals surface area contributed by atoms with Gasteiger partial charge >= 0.3 is 6.03 Å². The summed E-state index contributed by atoms with van der Waals surface area (Å²) in [4.78, 5) is 16.6. The van der Waals surface area contributed by atoms with Crippen LogP contribution in [-0.2, 0) is 10.0 Å². The number of carbonyl (C=O) groups excluding carboxylic acids is 1. The predicted molar refractivity (Wildman–Crippen MR) is 112 cm³/mol. The molecule has 2 aromatic carbocycles. The SMILES string of the molecule is CC(C)c1noc(-c2ccc(NC(=O)NC(C)c3ccc(S(N)(=O)=O)cc3)cc2)n1. The molecule has 0 saturated heterocycles. The summed E-state index contributed by atoms with van der Waals surface area (Å²) in [5.41, 5.74) is 2.09. The molecule has 4 N–H and O–H groups in total. The second-order valence-electron chi connectivity index (χ2n) is 7.12. The van der Waals surface area contributed by atoms with E-state index in [1.807, 2.05) is 13.8 Å². The third-order valence-electron chi connectivity index (χ3n) is 4.40. The van der Waals surface area contributed by atoms with E-state index in [1.54, 1.807) is 43.3 Å². The predicted octanol–water partition coefficient (Wildman–Crippen LogP) is 3.39. The molecule has 1 atom stereocenters. The number of nitrogens with one attached hydrogen (secondary N) is 2. The molecule has 3 aromatic rings. The van der Waals surface area contributed by atoms with E-state index in [-0.39, 0.29) is 16.9 Å². The van der Waals surface area contributed by atoms with Crippen LogP contribution in [0, 0.1) is 0 Å². The molecule has 0 radical (unpaired) electrons. The largest absolute Gasteiger partial charge is 0.334 e. The van der Waals surface area contributed by atoms with Gasteiger partial charge in [-0.2, -0.15) is 4.98 Å². The van der Waals surface area contributed by atoms with Crippen LogP contribution >= 0.6 is 0 Å². The van der Waals surface area contributed by atoms with E-state index in [2.05, 4.69) is 20.8 Å². The molecule has 2 amide bonds. The molecule has 1 heterocycles. The van der Waals surface area contributed by atoms with Crippen molar-refractivity contribution in [2.24, 2.45) is 5.14 Å². The van der Waals surface area contributed by atoms with Gasteiger partial charge in [-0.05, 0) is 48.9 Å². The molecule has 0 aliphatic carbocycles. The van der Waals surface area contributed by atoms with E-state index in [1.165, 1.54) is 12.1 Å². The fourth-order valence-electron chi connectivity index (χ4n) is 2.68. The maximum atomic E-state index is 12.3. The molecule has 1 unspecified atom stereocenters. The molecule has 0 bridgehead atoms. The molecule has 10 heteroatoms. The smallest absolute Gasteiger partial charge is 0.319 e. The molecule has 30 heavy (non-hydrogen) atoms. The van der Waals surface area contributed by atoms with Crippen LogP contribution in [0.25, 0.3) is 11.5 Å². The first-order valence-corrected chi connectivity index (χ1v) is 10.8. The van der Waals surface area contributed by atoms with Crippen molar-refractivity contribution < 1.29 is 17.7 Å². The molecule has 0 saturated carbocycles. The Morgan fingerprint density at radius 1 is 1.03 bits per heavy atom. The number of rotatable bonds is 6. The van der Waals surface area contributed by atoms with Crippen LogP contribution in [0.5, 0.6) is 0 Å². The average Bonchev–Trinajstić information content (AvgIpc) is 3.18. The van der Waals surface area contributed by atoms with Gasteiger partial charge in [0.05, 0.1) is 10.9 Å². The van der Waals surface area contributed by atoms with E-state index in [4.69, 9.17) is 9.66 Å². The summed E-state index contributed by atoms with van der Waals surface area (Å²) >= 11 is 0. The average molecular weight is 430 g/mol. The number of nitrogens with zero attached hydrogens (tertiary/aromatic N) is 2. The van der Waals surface area contributed by atoms with Gasteiger partial charge in [-0.1, -0.05) is 31.1 Å². The van der Waals surface area contributed by atoms with Crippen molar-refractivity contribution in [2.45, 2.75) is 37.6 Å². The standard InChI is InChI=1S/C20H23N5O4S/c1-12(2)18-24-19(29-25-18)15-4-8-16(9-5-15)23-20(26)22-13(3)14-6-10-17(11-7-14)30(21,27)28/h4-13H,1-3H3,(H2,21,27,28)(H2,22,23,26). The lowest BCUT2D eigenvalue weighted by Crippen LogP contribution is -2.31. The van der Waals surface area contributed by atoms with Crippen LogP contribution in [0.3, 0.4) is 0 Å². The van der Waals surface area contributed by atoms with Crippen LogP contribution in [0.4, 0.5) is 10.5 Å². The maximum Gasteiger partial charge on any atom is 0.319 e. The topological polar surface area (TPSA) is 140 Å². The van der Waals surface area contributed by atoms with Crippen LogP contribution < -0.4 is 15.8 Å². The van der Waals surface area contributed by atoms with E-state index in [0.717, 1.165) is 11.1 Å². The molecule has 0 fully saturated rings. The third kappa shape index (κ3) is 5.22. The number of aromatic nitrogens is 2. The molecule has 3 rings (SSSR count). The van der Waals surface area contributed by atoms with Gasteiger partial charge in [0.25, 0.3) is 5.89 Å². The first-order chi connectivity index (χ1) is 14.1. The number of urea groups is 1. The van der Waals surface area contributed by atoms with Gasteiger partial charge in [-0.15, -0.1) is 0 Å². The van der Waals surface area contributed by atoms with Crippen molar-refractivity contribution in [2.75, 3.05) is 5.32 Å². The fourth-order valence-corrected chi connectivity index (χ4v) is 3.19. The second-order valence-corrected chi connectivity index (χ2v) is 8.69. The monoisotopic (exact) mass is 429 g/mol. The number of nitrogens with two attached hydrogens (primary N) is 1. The van der Waals surface area contributed by atoms with Crippen molar-refractivity contribution in [3.63, 3.8) is 0 Å². The minimum atomic E-state index is -3.75. The number of anilines is 1. The summed E-state index contributed by atoms with van der Waals surface area (Å²) in [6.45, 7) is 5.75. The zero-order valence-electron chi connectivity index (χ0n) is 16.8. The van der Waals surface area contributed by atoms with Crippen molar-refractivity contribution in [3.05, 3.63) is 59.9 Å². The van der Waals surface area contributed by atoms with Gasteiger partial charge in [0.2, 0.25) is 10.0 Å². The van der Waals surface area contributed by atoms with Crippen LogP contribution in [0.15, 0.2) is 57.9 Å². The summed E-state index contributed by atoms with van der Waals surface area (Å²) < 4.78 is 27.9. The van der Waals surface area contributed by atoms with Crippen LogP contribution in [0.2, 0.25) is 0 Å². The lowest BCUT2D eigenvalue weighted by molar-refractivity contribution is 0.249. The molecule has 0 spiro atoms. The fraction of sp³-hybridized carbons (Fsp3) is 0.250. The zero-order valence-corrected chi connectivity index (χ0v) is 17.6. The van der Waals surface area contributed by atoms with Crippen LogP contribution in [0.1, 0.15) is 44.1 Å². The summed E-state index contributed by atoms with van der Waals surface area (Å²) in [6, 6.07) is 12.3. The van der Waals surface area contributed by atoms with Gasteiger partial charge in [0.1, 0.15) is 0 Å². The number of benzene rings is 2. The Balaban J connectivity index is 1.60. The van der Waals surface area contributed by atoms with E-state index < -0.39 is 16.1 Å². The molecular formula is C20H23N5O4S. The van der Waals surface area contributed by atoms with Gasteiger partial charge in [-0.3, -0.25) is 0 Å². The van der Waals surface area contributed by atoms with Crippen molar-refractivity contribution in [1.29, 1.82) is 0 Å². The Labute approximate surface area is 174 Å². The highest BCUT2D eigenvalue weighted by atomic mass is 32.2. The van der Waals surface area contributed by atoms with Crippen molar-refractivity contribution in [3.8, 4) is 11.5 Å². The summed E-state index contributed by atoms with van der Waals surface area (Å²) in [5, 5.41) is 14.6. The molecule has 158 valence electrons. The Morgan fingerprint density at radius 3 is 2.20 bits per heavy atom. The highest BCUT2D eigenvalue weighted by Gasteiger charge is 2.14. The lowest BCUT2D eigenvalue weighted by Gasteiger charge is -2.15. The van der Waals surface area contributed by atoms with Gasteiger partial charge in [0.15, 0.2) is 5.82 Å². The Morgan fingerprint density at radius 2 is 1.67 bits per heavy atom. The number of primary sulfonamides is 1. The summed E-state index contributed by atoms with van der Waals surface area (Å²) in [6.07, 6.45) is 0. The number of amides is 2. The summed E-state index contributed by atoms with van der Waals surface area (Å²) in [7, 11) is -3.75. The Hall–Kier alpha value is -3.24. The quantitative estimate of drug-likeness (QED) is 0.548. The maximum absolute atomic E-state index is 12.3. The van der Waals surface area contributed by atoms with Gasteiger partial charge in [-0.25, -0.2) is 18.4 Å². The Kier molecular flexibility index (Phi) is 6.18. The van der Waals surface area contributed by atoms with E-state index in [0.29, 0.717) is 17.4 Å². The minimum Gasteiger partial charge on any atom is -0.334 e. The normalized spacial score (nSPS) is 12.6. The van der Waals surface area contributed by atoms with Crippen molar-refractivity contribution >= 4 is 21.7 Å². The lowest BCUT2D eigenvalue weighted by atomic mass is 10.1. The second kappa shape index (κ2) is 8.64. The number of carbonyl (C=O) groups is 1. The first kappa shape index (κ1) is 21.5. The third-order valence-corrected chi connectivity index (χ3v) is 5.33. The molecule has 0 aliphatic rings. The minimum absolute atomic E-state index is 0.0183. The number of hydrogen-bond donors (Lipinski definition) is 3. The van der Waals surface area contributed by atoms with Gasteiger partial charge in [0, 0.05) is 17.2 Å². The zero-order chi connectivity index (χ0) is 21.9. The Bertz CT molecular complexity index is 1120. The number of hydrogen-bond acceptors (Lipinski definition) is 6. The van der Waals surface area contributed by atoms with E-state index >= 15 is 0 Å². The van der Waals surface area contributed by atoms with Crippen molar-refractivity contribution in [1.82, 2.24) is 15.5 Å². The molecule has 9 nitrogen and oxygen atoms in total. The van der Waals surface area contributed by atoms with Crippen LogP contribution in [-0.4, -0.2) is 24.6 Å². The number of sulfonamides is 1.